The fraction of sp³-hybridized carbons (Fsp3) is 0.250. The van der Waals surface area contributed by atoms with Crippen LogP contribution in [0.1, 0.15) is 6.92 Å². The summed E-state index contributed by atoms with van der Waals surface area (Å²) in [5.74, 6) is -0.190. The maximum atomic E-state index is 9.93. The van der Waals surface area contributed by atoms with E-state index in [-0.39, 0.29) is 5.91 Å². The summed E-state index contributed by atoms with van der Waals surface area (Å²) in [6, 6.07) is 0. The lowest BCUT2D eigenvalue weighted by molar-refractivity contribution is -0.118. The van der Waals surface area contributed by atoms with Crippen molar-refractivity contribution in [3.05, 3.63) is 12.5 Å². The summed E-state index contributed by atoms with van der Waals surface area (Å²) in [7, 11) is 0. The second-order valence-electron chi connectivity index (χ2n) is 1.02. The predicted molar refractivity (Wildman–Crippen MR) is 25.6 cm³/mol. The van der Waals surface area contributed by atoms with Gasteiger partial charge in [0.25, 0.3) is 0 Å². The van der Waals surface area contributed by atoms with Gasteiger partial charge in [0.1, 0.15) is 0 Å². The van der Waals surface area contributed by atoms with Gasteiger partial charge in [-0.2, -0.15) is 0 Å². The number of hydrogen-bond acceptors (Lipinski definition) is 2. The van der Waals surface area contributed by atoms with Gasteiger partial charge in [0, 0.05) is 13.1 Å². The highest BCUT2D eigenvalue weighted by atomic mass is 16.2. The minimum atomic E-state index is -0.190. The van der Waals surface area contributed by atoms with Crippen molar-refractivity contribution in [2.75, 3.05) is 0 Å². The van der Waals surface area contributed by atoms with Crippen molar-refractivity contribution in [2.24, 2.45) is 0 Å². The van der Waals surface area contributed by atoms with Crippen molar-refractivity contribution >= 4 is 5.91 Å². The van der Waals surface area contributed by atoms with Crippen molar-refractivity contribution in [2.45, 2.75) is 6.92 Å². The standard InChI is InChI=1S/C4H7NO2/c1-4(7)5-2-3-6/h2-3,6H,1H3,(H,5,7)/b3-2-. The second kappa shape index (κ2) is 3.21. The van der Waals surface area contributed by atoms with Crippen LogP contribution in [0.4, 0.5) is 0 Å². The van der Waals surface area contributed by atoms with Crippen LogP contribution in [0.3, 0.4) is 0 Å². The molecule has 0 rings (SSSR count). The smallest absolute Gasteiger partial charge is 0.220 e. The van der Waals surface area contributed by atoms with Crippen molar-refractivity contribution in [3.63, 3.8) is 0 Å². The van der Waals surface area contributed by atoms with Crippen LogP contribution in [0.2, 0.25) is 0 Å². The first kappa shape index (κ1) is 6.01. The molecule has 3 nitrogen and oxygen atoms in total. The first-order chi connectivity index (χ1) is 3.27. The van der Waals surface area contributed by atoms with Gasteiger partial charge in [-0.05, 0) is 0 Å². The fourth-order valence-corrected chi connectivity index (χ4v) is 0.155. The third-order valence-electron chi connectivity index (χ3n) is 0.361. The fourth-order valence-electron chi connectivity index (χ4n) is 0.155. The van der Waals surface area contributed by atoms with E-state index in [9.17, 15) is 4.79 Å². The van der Waals surface area contributed by atoms with Crippen molar-refractivity contribution in [1.29, 1.82) is 0 Å². The van der Waals surface area contributed by atoms with Gasteiger partial charge < -0.3 is 10.4 Å². The molecule has 1 amide bonds. The Morgan fingerprint density at radius 3 is 2.57 bits per heavy atom. The molecule has 0 aliphatic carbocycles. The Kier molecular flexibility index (Phi) is 2.76. The third-order valence-corrected chi connectivity index (χ3v) is 0.361. The Labute approximate surface area is 41.7 Å². The van der Waals surface area contributed by atoms with Crippen LogP contribution in [0, 0.1) is 0 Å². The van der Waals surface area contributed by atoms with Crippen LogP contribution >= 0.6 is 0 Å². The average Bonchev–Trinajstić information content (AvgIpc) is 1.61. The van der Waals surface area contributed by atoms with E-state index in [1.807, 2.05) is 0 Å². The third kappa shape index (κ3) is 5.01. The van der Waals surface area contributed by atoms with Gasteiger partial charge in [0.2, 0.25) is 5.91 Å². The SMILES string of the molecule is CC(=O)N/C=C\O. The maximum absolute atomic E-state index is 9.93. The van der Waals surface area contributed by atoms with E-state index < -0.39 is 0 Å². The molecular formula is C4H7NO2. The predicted octanol–water partition coefficient (Wildman–Crippen LogP) is 0.152. The molecule has 0 aromatic rings. The lowest BCUT2D eigenvalue weighted by Gasteiger charge is -1.84. The number of nitrogens with one attached hydrogen (secondary N) is 1. The molecular weight excluding hydrogens is 94.0 g/mol. The Morgan fingerprint density at radius 2 is 2.43 bits per heavy atom. The number of hydrogen-bond donors (Lipinski definition) is 2. The van der Waals surface area contributed by atoms with Crippen molar-refractivity contribution < 1.29 is 9.90 Å². The summed E-state index contributed by atoms with van der Waals surface area (Å²) in [5.41, 5.74) is 0. The minimum Gasteiger partial charge on any atom is -0.514 e. The summed E-state index contributed by atoms with van der Waals surface area (Å²) >= 11 is 0. The van der Waals surface area contributed by atoms with E-state index in [1.165, 1.54) is 6.92 Å². The normalized spacial score (nSPS) is 9.29. The van der Waals surface area contributed by atoms with E-state index >= 15 is 0 Å². The maximum Gasteiger partial charge on any atom is 0.220 e. The molecule has 40 valence electrons. The highest BCUT2D eigenvalue weighted by Gasteiger charge is 1.78. The molecule has 0 aromatic carbocycles. The van der Waals surface area contributed by atoms with E-state index in [0.717, 1.165) is 12.5 Å². The Balaban J connectivity index is 3.14. The molecule has 0 saturated heterocycles. The van der Waals surface area contributed by atoms with Crippen molar-refractivity contribution in [1.82, 2.24) is 5.32 Å². The highest BCUT2D eigenvalue weighted by molar-refractivity contribution is 5.73. The van der Waals surface area contributed by atoms with Gasteiger partial charge in [-0.15, -0.1) is 0 Å². The number of carbonyl (C=O) groups is 1. The molecule has 0 spiro atoms. The molecule has 0 atom stereocenters. The Hall–Kier alpha value is -0.990. The Morgan fingerprint density at radius 1 is 1.86 bits per heavy atom. The molecule has 0 heterocycles. The minimum absolute atomic E-state index is 0.190. The van der Waals surface area contributed by atoms with Gasteiger partial charge in [-0.3, -0.25) is 4.79 Å². The zero-order valence-corrected chi connectivity index (χ0v) is 4.01. The van der Waals surface area contributed by atoms with Crippen LogP contribution in [-0.4, -0.2) is 11.0 Å². The van der Waals surface area contributed by atoms with Gasteiger partial charge in [0.15, 0.2) is 0 Å². The summed E-state index contributed by atoms with van der Waals surface area (Å²) in [5, 5.41) is 10.1. The lowest BCUT2D eigenvalue weighted by atomic mass is 10.7. The summed E-state index contributed by atoms with van der Waals surface area (Å²) in [6.45, 7) is 1.36. The molecule has 0 aliphatic heterocycles. The van der Waals surface area contributed by atoms with Crippen LogP contribution in [0.25, 0.3) is 0 Å². The number of rotatable bonds is 1. The van der Waals surface area contributed by atoms with Crippen LogP contribution in [-0.2, 0) is 4.79 Å². The zero-order chi connectivity index (χ0) is 5.70. The number of aliphatic hydroxyl groups is 1. The van der Waals surface area contributed by atoms with Gasteiger partial charge in [0.05, 0.1) is 6.26 Å². The molecule has 3 heteroatoms. The average molecular weight is 101 g/mol. The van der Waals surface area contributed by atoms with E-state index in [1.54, 1.807) is 0 Å². The number of amides is 1. The molecule has 0 aliphatic rings. The number of carbonyl (C=O) groups excluding carboxylic acids is 1. The van der Waals surface area contributed by atoms with E-state index in [0.29, 0.717) is 0 Å². The molecule has 0 bridgehead atoms. The van der Waals surface area contributed by atoms with Crippen LogP contribution < -0.4 is 5.32 Å². The molecule has 0 unspecified atom stereocenters. The van der Waals surface area contributed by atoms with Crippen molar-refractivity contribution in [3.8, 4) is 0 Å². The summed E-state index contributed by atoms with van der Waals surface area (Å²) in [4.78, 5) is 9.93. The van der Waals surface area contributed by atoms with E-state index in [4.69, 9.17) is 5.11 Å². The highest BCUT2D eigenvalue weighted by Crippen LogP contribution is 1.59. The van der Waals surface area contributed by atoms with Gasteiger partial charge in [-0.1, -0.05) is 0 Å². The summed E-state index contributed by atoms with van der Waals surface area (Å²) < 4.78 is 0. The summed E-state index contributed by atoms with van der Waals surface area (Å²) in [6.07, 6.45) is 1.92. The quantitative estimate of drug-likeness (QED) is 0.462. The number of aliphatic hydroxyl groups excluding tert-OH is 1. The Bertz CT molecular complexity index is 87.7. The molecule has 0 radical (unpaired) electrons. The first-order valence-electron chi connectivity index (χ1n) is 1.83. The molecule has 0 fully saturated rings. The second-order valence-corrected chi connectivity index (χ2v) is 1.02. The molecule has 0 saturated carbocycles. The molecule has 0 aromatic heterocycles. The van der Waals surface area contributed by atoms with Gasteiger partial charge >= 0.3 is 0 Å². The van der Waals surface area contributed by atoms with E-state index in [2.05, 4.69) is 5.32 Å². The van der Waals surface area contributed by atoms with Crippen LogP contribution in [0.15, 0.2) is 12.5 Å². The topological polar surface area (TPSA) is 49.3 Å². The largest absolute Gasteiger partial charge is 0.514 e. The molecule has 2 N–H and O–H groups in total. The van der Waals surface area contributed by atoms with Crippen LogP contribution in [0.5, 0.6) is 0 Å². The lowest BCUT2D eigenvalue weighted by Crippen LogP contribution is -2.10. The zero-order valence-electron chi connectivity index (χ0n) is 4.01. The van der Waals surface area contributed by atoms with Gasteiger partial charge in [-0.25, -0.2) is 0 Å². The first-order valence-corrected chi connectivity index (χ1v) is 1.83. The molecule has 7 heavy (non-hydrogen) atoms. The monoisotopic (exact) mass is 101 g/mol.